The number of amides is 2. The van der Waals surface area contributed by atoms with Crippen LogP contribution >= 0.6 is 0 Å². The van der Waals surface area contributed by atoms with Gasteiger partial charge in [-0.15, -0.1) is 0 Å². The third-order valence-electron chi connectivity index (χ3n) is 4.93. The van der Waals surface area contributed by atoms with E-state index in [1.807, 2.05) is 30.3 Å². The van der Waals surface area contributed by atoms with E-state index in [1.54, 1.807) is 11.9 Å². The molecule has 1 aliphatic rings. The van der Waals surface area contributed by atoms with Gasteiger partial charge in [-0.3, -0.25) is 9.59 Å². The number of carbonyl (C=O) groups is 2. The average Bonchev–Trinajstić information content (AvgIpc) is 2.68. The standard InChI is InChI=1S/C21H22F2N2O2/c1-24(14-15-5-3-2-4-6-15)20(26)16-9-11-25(12-10-16)21(27)18-8-7-17(22)13-19(18)23/h2-8,13,16H,9-12,14H2,1H3. The number of piperidine rings is 1. The van der Waals surface area contributed by atoms with Gasteiger partial charge in [0.15, 0.2) is 0 Å². The summed E-state index contributed by atoms with van der Waals surface area (Å²) >= 11 is 0. The number of halogens is 2. The van der Waals surface area contributed by atoms with Gasteiger partial charge >= 0.3 is 0 Å². The Morgan fingerprint density at radius 2 is 1.74 bits per heavy atom. The molecule has 0 spiro atoms. The maximum atomic E-state index is 13.8. The van der Waals surface area contributed by atoms with E-state index in [9.17, 15) is 18.4 Å². The molecule has 0 saturated carbocycles. The summed E-state index contributed by atoms with van der Waals surface area (Å²) in [5, 5.41) is 0. The molecule has 4 nitrogen and oxygen atoms in total. The van der Waals surface area contributed by atoms with Crippen molar-refractivity contribution in [2.75, 3.05) is 20.1 Å². The summed E-state index contributed by atoms with van der Waals surface area (Å²) in [6.45, 7) is 1.30. The number of likely N-dealkylation sites (tertiary alicyclic amines) is 1. The Kier molecular flexibility index (Phi) is 5.84. The summed E-state index contributed by atoms with van der Waals surface area (Å²) in [5.74, 6) is -2.13. The topological polar surface area (TPSA) is 40.6 Å². The van der Waals surface area contributed by atoms with Crippen molar-refractivity contribution in [3.8, 4) is 0 Å². The normalized spacial score (nSPS) is 14.9. The summed E-state index contributed by atoms with van der Waals surface area (Å²) in [5.41, 5.74) is 0.926. The lowest BCUT2D eigenvalue weighted by Crippen LogP contribution is -2.43. The largest absolute Gasteiger partial charge is 0.341 e. The fourth-order valence-corrected chi connectivity index (χ4v) is 3.41. The van der Waals surface area contributed by atoms with Crippen molar-refractivity contribution in [2.24, 2.45) is 5.92 Å². The fraction of sp³-hybridized carbons (Fsp3) is 0.333. The Morgan fingerprint density at radius 3 is 2.37 bits per heavy atom. The molecule has 2 aromatic rings. The highest BCUT2D eigenvalue weighted by atomic mass is 19.1. The molecule has 0 bridgehead atoms. The molecular formula is C21H22F2N2O2. The summed E-state index contributed by atoms with van der Waals surface area (Å²) in [4.78, 5) is 28.3. The minimum absolute atomic E-state index is 0.0546. The van der Waals surface area contributed by atoms with Crippen LogP contribution in [0.2, 0.25) is 0 Å². The Hall–Kier alpha value is -2.76. The number of carbonyl (C=O) groups excluding carboxylic acids is 2. The van der Waals surface area contributed by atoms with Crippen LogP contribution in [0, 0.1) is 17.6 Å². The first-order valence-corrected chi connectivity index (χ1v) is 8.99. The summed E-state index contributed by atoms with van der Waals surface area (Å²) < 4.78 is 26.8. The van der Waals surface area contributed by atoms with E-state index in [1.165, 1.54) is 4.90 Å². The summed E-state index contributed by atoms with van der Waals surface area (Å²) in [7, 11) is 1.78. The van der Waals surface area contributed by atoms with E-state index in [0.717, 1.165) is 17.7 Å². The van der Waals surface area contributed by atoms with Gasteiger partial charge in [-0.2, -0.15) is 0 Å². The average molecular weight is 372 g/mol. The quantitative estimate of drug-likeness (QED) is 0.825. The number of hydrogen-bond acceptors (Lipinski definition) is 2. The molecule has 1 saturated heterocycles. The van der Waals surface area contributed by atoms with Crippen molar-refractivity contribution in [3.05, 3.63) is 71.3 Å². The highest BCUT2D eigenvalue weighted by Crippen LogP contribution is 2.22. The molecule has 142 valence electrons. The van der Waals surface area contributed by atoms with Gasteiger partial charge in [-0.05, 0) is 30.5 Å². The van der Waals surface area contributed by atoms with Gasteiger partial charge in [-0.1, -0.05) is 30.3 Å². The highest BCUT2D eigenvalue weighted by molar-refractivity contribution is 5.94. The maximum Gasteiger partial charge on any atom is 0.256 e. The van der Waals surface area contributed by atoms with Crippen molar-refractivity contribution in [1.82, 2.24) is 9.80 Å². The lowest BCUT2D eigenvalue weighted by molar-refractivity contribution is -0.136. The SMILES string of the molecule is CN(Cc1ccccc1)C(=O)C1CCN(C(=O)c2ccc(F)cc2F)CC1. The predicted octanol–water partition coefficient (Wildman–Crippen LogP) is 3.48. The molecule has 0 unspecified atom stereocenters. The maximum absolute atomic E-state index is 13.8. The molecule has 2 amide bonds. The summed E-state index contributed by atoms with van der Waals surface area (Å²) in [6.07, 6.45) is 1.07. The van der Waals surface area contributed by atoms with Crippen molar-refractivity contribution in [3.63, 3.8) is 0 Å². The van der Waals surface area contributed by atoms with Crippen molar-refractivity contribution < 1.29 is 18.4 Å². The first kappa shape index (κ1) is 19.0. The Labute approximate surface area is 157 Å². The smallest absolute Gasteiger partial charge is 0.256 e. The van der Waals surface area contributed by atoms with Gasteiger partial charge in [0.1, 0.15) is 11.6 Å². The molecule has 1 aliphatic heterocycles. The number of rotatable bonds is 4. The van der Waals surface area contributed by atoms with Gasteiger partial charge in [0.05, 0.1) is 5.56 Å². The molecule has 0 aliphatic carbocycles. The highest BCUT2D eigenvalue weighted by Gasteiger charge is 2.30. The molecule has 0 radical (unpaired) electrons. The molecule has 0 atom stereocenters. The third-order valence-corrected chi connectivity index (χ3v) is 4.93. The van der Waals surface area contributed by atoms with Crippen LogP contribution in [0.3, 0.4) is 0 Å². The molecule has 0 N–H and O–H groups in total. The minimum atomic E-state index is -0.860. The number of hydrogen-bond donors (Lipinski definition) is 0. The molecule has 2 aromatic carbocycles. The molecule has 0 aromatic heterocycles. The molecule has 6 heteroatoms. The Balaban J connectivity index is 1.56. The van der Waals surface area contributed by atoms with E-state index >= 15 is 0 Å². The van der Waals surface area contributed by atoms with Crippen LogP contribution in [0.15, 0.2) is 48.5 Å². The van der Waals surface area contributed by atoms with Crippen molar-refractivity contribution in [2.45, 2.75) is 19.4 Å². The molecule has 1 heterocycles. The lowest BCUT2D eigenvalue weighted by atomic mass is 9.94. The van der Waals surface area contributed by atoms with Gasteiger partial charge < -0.3 is 9.80 Å². The minimum Gasteiger partial charge on any atom is -0.341 e. The third kappa shape index (κ3) is 4.51. The fourth-order valence-electron chi connectivity index (χ4n) is 3.41. The van der Waals surface area contributed by atoms with E-state index in [2.05, 4.69) is 0 Å². The molecule has 1 fully saturated rings. The van der Waals surface area contributed by atoms with Crippen LogP contribution in [0.1, 0.15) is 28.8 Å². The van der Waals surface area contributed by atoms with Gasteiger partial charge in [0.2, 0.25) is 5.91 Å². The second-order valence-corrected chi connectivity index (χ2v) is 6.87. The molecular weight excluding hydrogens is 350 g/mol. The Morgan fingerprint density at radius 1 is 1.07 bits per heavy atom. The van der Waals surface area contributed by atoms with Crippen LogP contribution in [0.25, 0.3) is 0 Å². The zero-order valence-electron chi connectivity index (χ0n) is 15.2. The van der Waals surface area contributed by atoms with Gasteiger partial charge in [-0.25, -0.2) is 8.78 Å². The first-order chi connectivity index (χ1) is 13.0. The van der Waals surface area contributed by atoms with Crippen molar-refractivity contribution in [1.29, 1.82) is 0 Å². The van der Waals surface area contributed by atoms with Crippen molar-refractivity contribution >= 4 is 11.8 Å². The van der Waals surface area contributed by atoms with E-state index in [0.29, 0.717) is 38.5 Å². The zero-order valence-corrected chi connectivity index (χ0v) is 15.2. The first-order valence-electron chi connectivity index (χ1n) is 8.99. The Bertz CT molecular complexity index is 818. The van der Waals surface area contributed by atoms with Crippen LogP contribution < -0.4 is 0 Å². The zero-order chi connectivity index (χ0) is 19.4. The predicted molar refractivity (Wildman–Crippen MR) is 97.9 cm³/mol. The van der Waals surface area contributed by atoms with E-state index in [-0.39, 0.29) is 17.4 Å². The van der Waals surface area contributed by atoms with E-state index < -0.39 is 17.5 Å². The molecule has 3 rings (SSSR count). The van der Waals surface area contributed by atoms with Gasteiger partial charge in [0.25, 0.3) is 5.91 Å². The lowest BCUT2D eigenvalue weighted by Gasteiger charge is -2.33. The summed E-state index contributed by atoms with van der Waals surface area (Å²) in [6, 6.07) is 12.7. The number of nitrogens with zero attached hydrogens (tertiary/aromatic N) is 2. The van der Waals surface area contributed by atoms with Gasteiger partial charge in [0, 0.05) is 38.7 Å². The van der Waals surface area contributed by atoms with Crippen LogP contribution in [-0.2, 0) is 11.3 Å². The number of benzene rings is 2. The van der Waals surface area contributed by atoms with Crippen LogP contribution in [0.5, 0.6) is 0 Å². The van der Waals surface area contributed by atoms with Crippen LogP contribution in [0.4, 0.5) is 8.78 Å². The second-order valence-electron chi connectivity index (χ2n) is 6.87. The monoisotopic (exact) mass is 372 g/mol. The second kappa shape index (κ2) is 8.29. The molecule has 27 heavy (non-hydrogen) atoms. The van der Waals surface area contributed by atoms with E-state index in [4.69, 9.17) is 0 Å². The van der Waals surface area contributed by atoms with Crippen LogP contribution in [-0.4, -0.2) is 41.8 Å².